The molecule has 32 heavy (non-hydrogen) atoms. The monoisotopic (exact) mass is 438 g/mol. The number of aromatic nitrogens is 3. The zero-order valence-corrected chi connectivity index (χ0v) is 18.2. The number of nitrogens with zero attached hydrogens (tertiary/aromatic N) is 4. The van der Waals surface area contributed by atoms with Crippen LogP contribution in [0.15, 0.2) is 29.3 Å². The van der Waals surface area contributed by atoms with E-state index in [9.17, 15) is 9.18 Å². The van der Waals surface area contributed by atoms with Gasteiger partial charge in [0.25, 0.3) is 5.56 Å². The second kappa shape index (κ2) is 8.74. The Kier molecular flexibility index (Phi) is 5.65. The minimum atomic E-state index is -0.428. The summed E-state index contributed by atoms with van der Waals surface area (Å²) in [7, 11) is 0. The van der Waals surface area contributed by atoms with E-state index in [-0.39, 0.29) is 5.56 Å². The topological polar surface area (TPSA) is 86.4 Å². The lowest BCUT2D eigenvalue weighted by molar-refractivity contribution is 0.248. The minimum Gasteiger partial charge on any atom is -0.493 e. The van der Waals surface area contributed by atoms with Crippen molar-refractivity contribution < 1.29 is 9.13 Å². The van der Waals surface area contributed by atoms with Gasteiger partial charge in [-0.1, -0.05) is 0 Å². The number of hydrogen-bond donors (Lipinski definition) is 2. The van der Waals surface area contributed by atoms with Gasteiger partial charge in [0.15, 0.2) is 5.82 Å². The summed E-state index contributed by atoms with van der Waals surface area (Å²) in [6.07, 6.45) is 4.14. The molecule has 3 aromatic rings. The Hall–Kier alpha value is -3.20. The molecule has 168 valence electrons. The molecular weight excluding hydrogens is 411 g/mol. The highest BCUT2D eigenvalue weighted by atomic mass is 19.1. The van der Waals surface area contributed by atoms with Gasteiger partial charge in [-0.05, 0) is 37.5 Å². The van der Waals surface area contributed by atoms with Crippen molar-refractivity contribution in [1.29, 1.82) is 0 Å². The number of halogens is 1. The Balaban J connectivity index is 1.38. The number of anilines is 2. The fourth-order valence-electron chi connectivity index (χ4n) is 4.60. The first-order valence-electron chi connectivity index (χ1n) is 11.2. The average molecular weight is 439 g/mol. The van der Waals surface area contributed by atoms with Crippen molar-refractivity contribution in [3.05, 3.63) is 51.8 Å². The van der Waals surface area contributed by atoms with Crippen molar-refractivity contribution in [2.45, 2.75) is 26.3 Å². The molecule has 0 saturated carbocycles. The van der Waals surface area contributed by atoms with Gasteiger partial charge in [0.05, 0.1) is 35.6 Å². The highest BCUT2D eigenvalue weighted by molar-refractivity contribution is 5.98. The molecular formula is C23H27FN6O2. The minimum absolute atomic E-state index is 0.0211. The second-order valence-corrected chi connectivity index (χ2v) is 8.25. The molecule has 0 spiro atoms. The summed E-state index contributed by atoms with van der Waals surface area (Å²) in [5.41, 5.74) is 3.61. The fourth-order valence-corrected chi connectivity index (χ4v) is 4.60. The molecule has 1 saturated heterocycles. The summed E-state index contributed by atoms with van der Waals surface area (Å²) in [6, 6.07) is 4.15. The summed E-state index contributed by atoms with van der Waals surface area (Å²) in [5, 5.41) is 4.38. The van der Waals surface area contributed by atoms with Crippen molar-refractivity contribution in [2.24, 2.45) is 0 Å². The number of rotatable bonds is 5. The Bertz CT molecular complexity index is 1170. The SMILES string of the molecule is CCOc1cc(CN2CCN(c3ncc(F)cn3)CC2)cc2[nH]c(=O)c3c(c12)NCCC3. The quantitative estimate of drug-likeness (QED) is 0.633. The van der Waals surface area contributed by atoms with Gasteiger partial charge in [-0.3, -0.25) is 9.69 Å². The third kappa shape index (κ3) is 4.00. The number of benzene rings is 1. The molecule has 0 amide bonds. The first kappa shape index (κ1) is 20.7. The van der Waals surface area contributed by atoms with Gasteiger partial charge in [0.2, 0.25) is 5.95 Å². The van der Waals surface area contributed by atoms with E-state index in [1.165, 1.54) is 12.4 Å². The summed E-state index contributed by atoms with van der Waals surface area (Å²) in [4.78, 5) is 28.3. The standard InChI is InChI=1S/C23H27FN6O2/c1-2-32-19-11-15(10-18-20(19)21-17(22(31)28-18)4-3-5-25-21)14-29-6-8-30(9-7-29)23-26-12-16(24)13-27-23/h10-13,25H,2-9,14H2,1H3,(H,28,31). The summed E-state index contributed by atoms with van der Waals surface area (Å²) in [6.45, 7) is 7.36. The molecule has 1 fully saturated rings. The third-order valence-electron chi connectivity index (χ3n) is 6.11. The van der Waals surface area contributed by atoms with E-state index in [4.69, 9.17) is 4.74 Å². The molecule has 5 rings (SSSR count). The van der Waals surface area contributed by atoms with Crippen LogP contribution in [0.1, 0.15) is 24.5 Å². The van der Waals surface area contributed by atoms with Crippen LogP contribution in [0.2, 0.25) is 0 Å². The molecule has 8 nitrogen and oxygen atoms in total. The molecule has 0 aliphatic carbocycles. The predicted molar refractivity (Wildman–Crippen MR) is 122 cm³/mol. The lowest BCUT2D eigenvalue weighted by atomic mass is 9.99. The maximum absolute atomic E-state index is 13.1. The molecule has 0 bridgehead atoms. The fraction of sp³-hybridized carbons (Fsp3) is 0.435. The summed E-state index contributed by atoms with van der Waals surface area (Å²) >= 11 is 0. The van der Waals surface area contributed by atoms with E-state index in [2.05, 4.69) is 42.2 Å². The molecule has 2 aliphatic rings. The van der Waals surface area contributed by atoms with Gasteiger partial charge in [-0.15, -0.1) is 0 Å². The van der Waals surface area contributed by atoms with Crippen LogP contribution in [-0.2, 0) is 13.0 Å². The highest BCUT2D eigenvalue weighted by Gasteiger charge is 2.22. The lowest BCUT2D eigenvalue weighted by Crippen LogP contribution is -2.46. The van der Waals surface area contributed by atoms with E-state index in [1.807, 2.05) is 6.92 Å². The first-order valence-corrected chi connectivity index (χ1v) is 11.2. The van der Waals surface area contributed by atoms with Crippen molar-refractivity contribution in [3.8, 4) is 5.75 Å². The van der Waals surface area contributed by atoms with Crippen LogP contribution < -0.4 is 20.5 Å². The molecule has 2 aromatic heterocycles. The number of H-pyrrole nitrogens is 1. The Morgan fingerprint density at radius 3 is 2.69 bits per heavy atom. The van der Waals surface area contributed by atoms with Crippen molar-refractivity contribution in [3.63, 3.8) is 0 Å². The summed E-state index contributed by atoms with van der Waals surface area (Å²) in [5.74, 6) is 0.939. The van der Waals surface area contributed by atoms with Crippen LogP contribution in [0.4, 0.5) is 16.0 Å². The van der Waals surface area contributed by atoms with E-state index < -0.39 is 5.82 Å². The molecule has 0 unspecified atom stereocenters. The second-order valence-electron chi connectivity index (χ2n) is 8.25. The molecule has 9 heteroatoms. The van der Waals surface area contributed by atoms with E-state index >= 15 is 0 Å². The lowest BCUT2D eigenvalue weighted by Gasteiger charge is -2.34. The normalized spacial score (nSPS) is 16.6. The van der Waals surface area contributed by atoms with Crippen LogP contribution in [0.3, 0.4) is 0 Å². The number of piperazine rings is 1. The smallest absolute Gasteiger partial charge is 0.253 e. The zero-order chi connectivity index (χ0) is 22.1. The van der Waals surface area contributed by atoms with Gasteiger partial charge in [-0.25, -0.2) is 14.4 Å². The Morgan fingerprint density at radius 1 is 1.16 bits per heavy atom. The van der Waals surface area contributed by atoms with Crippen molar-refractivity contribution in [2.75, 3.05) is 49.5 Å². The van der Waals surface area contributed by atoms with Gasteiger partial charge >= 0.3 is 0 Å². The predicted octanol–water partition coefficient (Wildman–Crippen LogP) is 2.54. The zero-order valence-electron chi connectivity index (χ0n) is 18.2. The number of pyridine rings is 1. The maximum atomic E-state index is 13.1. The van der Waals surface area contributed by atoms with Crippen LogP contribution in [0.5, 0.6) is 5.75 Å². The first-order chi connectivity index (χ1) is 15.6. The largest absolute Gasteiger partial charge is 0.493 e. The molecule has 4 heterocycles. The van der Waals surface area contributed by atoms with Crippen molar-refractivity contribution in [1.82, 2.24) is 19.9 Å². The van der Waals surface area contributed by atoms with Crippen LogP contribution in [0, 0.1) is 5.82 Å². The Morgan fingerprint density at radius 2 is 1.94 bits per heavy atom. The molecule has 1 aromatic carbocycles. The van der Waals surface area contributed by atoms with Crippen LogP contribution in [-0.4, -0.2) is 59.2 Å². The molecule has 2 N–H and O–H groups in total. The van der Waals surface area contributed by atoms with Gasteiger partial charge in [0, 0.05) is 44.8 Å². The third-order valence-corrected chi connectivity index (χ3v) is 6.11. The number of ether oxygens (including phenoxy) is 1. The van der Waals surface area contributed by atoms with Crippen LogP contribution >= 0.6 is 0 Å². The van der Waals surface area contributed by atoms with Crippen LogP contribution in [0.25, 0.3) is 10.9 Å². The van der Waals surface area contributed by atoms with Gasteiger partial charge < -0.3 is 19.9 Å². The molecule has 2 aliphatic heterocycles. The van der Waals surface area contributed by atoms with Gasteiger partial charge in [-0.2, -0.15) is 0 Å². The van der Waals surface area contributed by atoms with E-state index in [0.29, 0.717) is 12.6 Å². The van der Waals surface area contributed by atoms with E-state index in [1.54, 1.807) is 0 Å². The number of hydrogen-bond acceptors (Lipinski definition) is 7. The molecule has 0 atom stereocenters. The Labute approximate surface area is 185 Å². The average Bonchev–Trinajstić information content (AvgIpc) is 2.80. The summed E-state index contributed by atoms with van der Waals surface area (Å²) < 4.78 is 19.1. The van der Waals surface area contributed by atoms with Gasteiger partial charge in [0.1, 0.15) is 5.75 Å². The molecule has 0 radical (unpaired) electrons. The van der Waals surface area contributed by atoms with E-state index in [0.717, 1.165) is 85.6 Å². The maximum Gasteiger partial charge on any atom is 0.253 e. The number of aromatic amines is 1. The number of fused-ring (bicyclic) bond motifs is 3. The number of nitrogens with one attached hydrogen (secondary N) is 2. The van der Waals surface area contributed by atoms with Crippen molar-refractivity contribution >= 4 is 22.5 Å². The highest BCUT2D eigenvalue weighted by Crippen LogP contribution is 2.36.